The van der Waals surface area contributed by atoms with Gasteiger partial charge in [-0.05, 0) is 30.5 Å². The molecule has 0 bridgehead atoms. The normalized spacial score (nSPS) is 26.5. The number of hydrogen-bond donors (Lipinski definition) is 1. The minimum absolute atomic E-state index is 0.234. The Balaban J connectivity index is 2.14. The number of nitrogens with zero attached hydrogens (tertiary/aromatic N) is 1. The summed E-state index contributed by atoms with van der Waals surface area (Å²) < 4.78 is 22.9. The molecule has 5 heteroatoms. The van der Waals surface area contributed by atoms with Gasteiger partial charge in [0, 0.05) is 31.4 Å². The second kappa shape index (κ2) is 5.23. The Morgan fingerprint density at radius 2 is 1.84 bits per heavy atom. The summed E-state index contributed by atoms with van der Waals surface area (Å²) in [5.74, 6) is 0.512. The van der Waals surface area contributed by atoms with Gasteiger partial charge >= 0.3 is 0 Å². The van der Waals surface area contributed by atoms with Gasteiger partial charge in [-0.1, -0.05) is 19.1 Å². The SMILES string of the molecule is CC1CN(C(C)c2ccc(S(C)(=O)=O)cc2)CC1N. The molecular weight excluding hydrogens is 260 g/mol. The molecule has 0 radical (unpaired) electrons. The second-order valence-corrected chi connectivity index (χ2v) is 7.63. The molecule has 2 N–H and O–H groups in total. The van der Waals surface area contributed by atoms with Crippen LogP contribution in [0.15, 0.2) is 29.2 Å². The minimum Gasteiger partial charge on any atom is -0.326 e. The molecule has 1 aliphatic heterocycles. The zero-order valence-electron chi connectivity index (χ0n) is 11.7. The van der Waals surface area contributed by atoms with E-state index in [1.165, 1.54) is 6.26 Å². The highest BCUT2D eigenvalue weighted by molar-refractivity contribution is 7.90. The maximum Gasteiger partial charge on any atom is 0.175 e. The summed E-state index contributed by atoms with van der Waals surface area (Å²) in [7, 11) is -3.12. The standard InChI is InChI=1S/C14H22N2O2S/c1-10-8-16(9-14(10)15)11(2)12-4-6-13(7-5-12)19(3,17)18/h4-7,10-11,14H,8-9,15H2,1-3H3. The molecule has 106 valence electrons. The largest absolute Gasteiger partial charge is 0.326 e. The van der Waals surface area contributed by atoms with Crippen molar-refractivity contribution in [3.63, 3.8) is 0 Å². The fourth-order valence-corrected chi connectivity index (χ4v) is 3.18. The summed E-state index contributed by atoms with van der Waals surface area (Å²) in [6.45, 7) is 6.21. The van der Waals surface area contributed by atoms with Crippen LogP contribution in [-0.4, -0.2) is 38.7 Å². The molecule has 0 saturated carbocycles. The molecule has 0 amide bonds. The summed E-state index contributed by atoms with van der Waals surface area (Å²) in [6, 6.07) is 7.66. The molecule has 3 unspecified atom stereocenters. The van der Waals surface area contributed by atoms with Crippen LogP contribution >= 0.6 is 0 Å². The molecular formula is C14H22N2O2S. The summed E-state index contributed by atoms with van der Waals surface area (Å²) in [5.41, 5.74) is 7.18. The third-order valence-corrected chi connectivity index (χ3v) is 5.17. The quantitative estimate of drug-likeness (QED) is 0.911. The van der Waals surface area contributed by atoms with Crippen LogP contribution in [-0.2, 0) is 9.84 Å². The van der Waals surface area contributed by atoms with Gasteiger partial charge in [0.2, 0.25) is 0 Å². The molecule has 0 aromatic heterocycles. The number of benzene rings is 1. The highest BCUT2D eigenvalue weighted by atomic mass is 32.2. The average molecular weight is 282 g/mol. The van der Waals surface area contributed by atoms with E-state index in [1.807, 2.05) is 12.1 Å². The average Bonchev–Trinajstić information content (AvgIpc) is 2.68. The van der Waals surface area contributed by atoms with Crippen LogP contribution in [0.4, 0.5) is 0 Å². The van der Waals surface area contributed by atoms with E-state index in [-0.39, 0.29) is 12.1 Å². The molecule has 1 aliphatic rings. The molecule has 19 heavy (non-hydrogen) atoms. The van der Waals surface area contributed by atoms with Crippen molar-refractivity contribution in [1.82, 2.24) is 4.90 Å². The van der Waals surface area contributed by atoms with Crippen LogP contribution in [0.2, 0.25) is 0 Å². The van der Waals surface area contributed by atoms with E-state index in [2.05, 4.69) is 18.7 Å². The Morgan fingerprint density at radius 1 is 1.26 bits per heavy atom. The molecule has 1 fully saturated rings. The molecule has 0 aliphatic carbocycles. The highest BCUT2D eigenvalue weighted by Gasteiger charge is 2.30. The summed E-state index contributed by atoms with van der Waals surface area (Å²) >= 11 is 0. The van der Waals surface area contributed by atoms with E-state index < -0.39 is 9.84 Å². The molecule has 2 rings (SSSR count). The second-order valence-electron chi connectivity index (χ2n) is 5.61. The lowest BCUT2D eigenvalue weighted by Crippen LogP contribution is -2.29. The Bertz CT molecular complexity index is 529. The van der Waals surface area contributed by atoms with Crippen LogP contribution in [0.3, 0.4) is 0 Å². The van der Waals surface area contributed by atoms with Crippen LogP contribution in [0, 0.1) is 5.92 Å². The minimum atomic E-state index is -3.12. The van der Waals surface area contributed by atoms with Crippen molar-refractivity contribution in [2.24, 2.45) is 11.7 Å². The number of sulfone groups is 1. The number of hydrogen-bond acceptors (Lipinski definition) is 4. The lowest BCUT2D eigenvalue weighted by molar-refractivity contribution is 0.253. The van der Waals surface area contributed by atoms with Crippen LogP contribution in [0.1, 0.15) is 25.5 Å². The van der Waals surface area contributed by atoms with E-state index in [4.69, 9.17) is 5.73 Å². The Labute approximate surface area is 115 Å². The van der Waals surface area contributed by atoms with E-state index in [1.54, 1.807) is 12.1 Å². The predicted octanol–water partition coefficient (Wildman–Crippen LogP) is 1.43. The van der Waals surface area contributed by atoms with E-state index in [0.29, 0.717) is 10.8 Å². The van der Waals surface area contributed by atoms with Crippen LogP contribution in [0.25, 0.3) is 0 Å². The molecule has 4 nitrogen and oxygen atoms in total. The molecule has 1 aromatic carbocycles. The molecule has 1 heterocycles. The van der Waals surface area contributed by atoms with Crippen molar-refractivity contribution in [3.05, 3.63) is 29.8 Å². The zero-order chi connectivity index (χ0) is 14.2. The third-order valence-electron chi connectivity index (χ3n) is 4.04. The summed E-state index contributed by atoms with van der Waals surface area (Å²) in [6.07, 6.45) is 1.23. The maximum atomic E-state index is 11.4. The van der Waals surface area contributed by atoms with Crippen molar-refractivity contribution in [1.29, 1.82) is 0 Å². The maximum absolute atomic E-state index is 11.4. The third kappa shape index (κ3) is 3.16. The smallest absolute Gasteiger partial charge is 0.175 e. The van der Waals surface area contributed by atoms with Crippen molar-refractivity contribution in [2.45, 2.75) is 30.8 Å². The molecule has 1 aromatic rings. The van der Waals surface area contributed by atoms with Crippen molar-refractivity contribution >= 4 is 9.84 Å². The predicted molar refractivity (Wildman–Crippen MR) is 76.7 cm³/mol. The van der Waals surface area contributed by atoms with Crippen LogP contribution in [0.5, 0.6) is 0 Å². The van der Waals surface area contributed by atoms with Crippen molar-refractivity contribution in [3.8, 4) is 0 Å². The summed E-state index contributed by atoms with van der Waals surface area (Å²) in [4.78, 5) is 2.72. The van der Waals surface area contributed by atoms with E-state index >= 15 is 0 Å². The fraction of sp³-hybridized carbons (Fsp3) is 0.571. The number of likely N-dealkylation sites (tertiary alicyclic amines) is 1. The van der Waals surface area contributed by atoms with Crippen LogP contribution < -0.4 is 5.73 Å². The first-order valence-corrected chi connectivity index (χ1v) is 8.48. The Morgan fingerprint density at radius 3 is 2.26 bits per heavy atom. The number of nitrogens with two attached hydrogens (primary N) is 1. The van der Waals surface area contributed by atoms with Gasteiger partial charge in [0.25, 0.3) is 0 Å². The lowest BCUT2D eigenvalue weighted by Gasteiger charge is -2.24. The first kappa shape index (κ1) is 14.5. The first-order chi connectivity index (χ1) is 8.79. The van der Waals surface area contributed by atoms with Crippen molar-refractivity contribution < 1.29 is 8.42 Å². The first-order valence-electron chi connectivity index (χ1n) is 6.58. The Kier molecular flexibility index (Phi) is 3.99. The van der Waals surface area contributed by atoms with E-state index in [0.717, 1.165) is 18.7 Å². The monoisotopic (exact) mass is 282 g/mol. The Hall–Kier alpha value is -0.910. The highest BCUT2D eigenvalue weighted by Crippen LogP contribution is 2.27. The van der Waals surface area contributed by atoms with E-state index in [9.17, 15) is 8.42 Å². The lowest BCUT2D eigenvalue weighted by atomic mass is 10.1. The number of rotatable bonds is 3. The van der Waals surface area contributed by atoms with Gasteiger partial charge in [-0.15, -0.1) is 0 Å². The topological polar surface area (TPSA) is 63.4 Å². The van der Waals surface area contributed by atoms with Gasteiger partial charge in [-0.3, -0.25) is 4.90 Å². The molecule has 0 spiro atoms. The van der Waals surface area contributed by atoms with Gasteiger partial charge in [0.1, 0.15) is 0 Å². The summed E-state index contributed by atoms with van der Waals surface area (Å²) in [5, 5.41) is 0. The van der Waals surface area contributed by atoms with Gasteiger partial charge in [0.05, 0.1) is 4.90 Å². The van der Waals surface area contributed by atoms with Gasteiger partial charge in [0.15, 0.2) is 9.84 Å². The zero-order valence-corrected chi connectivity index (χ0v) is 12.5. The van der Waals surface area contributed by atoms with Gasteiger partial charge in [-0.2, -0.15) is 0 Å². The van der Waals surface area contributed by atoms with Crippen molar-refractivity contribution in [2.75, 3.05) is 19.3 Å². The van der Waals surface area contributed by atoms with Gasteiger partial charge < -0.3 is 5.73 Å². The molecule has 3 atom stereocenters. The molecule has 1 saturated heterocycles. The van der Waals surface area contributed by atoms with Gasteiger partial charge in [-0.25, -0.2) is 8.42 Å². The fourth-order valence-electron chi connectivity index (χ4n) is 2.55.